The third-order valence-electron chi connectivity index (χ3n) is 2.63. The third kappa shape index (κ3) is 1.63. The zero-order valence-electron chi connectivity index (χ0n) is 8.47. The fourth-order valence-electron chi connectivity index (χ4n) is 1.73. The van der Waals surface area contributed by atoms with E-state index >= 15 is 0 Å². The lowest BCUT2D eigenvalue weighted by Gasteiger charge is -2.46. The van der Waals surface area contributed by atoms with Gasteiger partial charge in [-0.25, -0.2) is 10.8 Å². The number of carbonyl (C=O) groups is 1. The molecule has 1 aliphatic rings. The Labute approximate surface area is 87.5 Å². The molecule has 2 heterocycles. The molecule has 0 unspecified atom stereocenters. The van der Waals surface area contributed by atoms with Crippen LogP contribution in [0, 0.1) is 5.41 Å². The first kappa shape index (κ1) is 9.85. The topological polar surface area (TPSA) is 84.1 Å². The Hall–Kier alpha value is -1.69. The number of hydrazine groups is 1. The Balaban J connectivity index is 2.02. The number of carbonyl (C=O) groups excluding carboxylic acids is 1. The highest BCUT2D eigenvalue weighted by atomic mass is 16.2. The summed E-state index contributed by atoms with van der Waals surface area (Å²) in [5, 5.41) is 0. The predicted molar refractivity (Wildman–Crippen MR) is 54.7 cm³/mol. The lowest BCUT2D eigenvalue weighted by atomic mass is 9.81. The van der Waals surface area contributed by atoms with E-state index in [1.54, 1.807) is 18.6 Å². The number of hydrogen-bond donors (Lipinski definition) is 2. The maximum Gasteiger partial charge on any atom is 0.243 e. The molecule has 1 saturated heterocycles. The fourth-order valence-corrected chi connectivity index (χ4v) is 1.73. The average molecular weight is 207 g/mol. The van der Waals surface area contributed by atoms with Gasteiger partial charge in [0, 0.05) is 25.5 Å². The maximum atomic E-state index is 11.4. The number of nitrogens with zero attached hydrogens (tertiary/aromatic N) is 3. The van der Waals surface area contributed by atoms with Gasteiger partial charge >= 0.3 is 0 Å². The zero-order chi connectivity index (χ0) is 10.9. The number of aromatic nitrogens is 2. The number of nitrogens with one attached hydrogen (secondary N) is 1. The van der Waals surface area contributed by atoms with Crippen molar-refractivity contribution in [3.05, 3.63) is 18.6 Å². The van der Waals surface area contributed by atoms with Crippen molar-refractivity contribution >= 4 is 11.7 Å². The SMILES string of the molecule is CC1(C(=O)NN)CN(c2cnccn2)C1. The highest BCUT2D eigenvalue weighted by molar-refractivity contribution is 5.85. The average Bonchev–Trinajstić information content (AvgIpc) is 2.25. The number of amides is 1. The van der Waals surface area contributed by atoms with Crippen LogP contribution in [0.15, 0.2) is 18.6 Å². The van der Waals surface area contributed by atoms with Crippen LogP contribution in [0.3, 0.4) is 0 Å². The van der Waals surface area contributed by atoms with E-state index in [9.17, 15) is 4.79 Å². The molecule has 0 spiro atoms. The highest BCUT2D eigenvalue weighted by Gasteiger charge is 2.45. The fraction of sp³-hybridized carbons (Fsp3) is 0.444. The number of hydrogen-bond acceptors (Lipinski definition) is 5. The van der Waals surface area contributed by atoms with Crippen LogP contribution >= 0.6 is 0 Å². The second-order valence-electron chi connectivity index (χ2n) is 3.95. The van der Waals surface area contributed by atoms with E-state index in [0.717, 1.165) is 5.82 Å². The summed E-state index contributed by atoms with van der Waals surface area (Å²) in [6.45, 7) is 3.12. The maximum absolute atomic E-state index is 11.4. The Bertz CT molecular complexity index is 360. The van der Waals surface area contributed by atoms with E-state index in [1.807, 2.05) is 11.8 Å². The minimum atomic E-state index is -0.410. The van der Waals surface area contributed by atoms with Gasteiger partial charge in [-0.15, -0.1) is 0 Å². The molecule has 6 heteroatoms. The van der Waals surface area contributed by atoms with Gasteiger partial charge in [0.2, 0.25) is 5.91 Å². The van der Waals surface area contributed by atoms with E-state index in [4.69, 9.17) is 5.84 Å². The quantitative estimate of drug-likeness (QED) is 0.380. The first-order valence-corrected chi connectivity index (χ1v) is 4.68. The molecule has 1 aromatic heterocycles. The zero-order valence-corrected chi connectivity index (χ0v) is 8.47. The van der Waals surface area contributed by atoms with E-state index in [-0.39, 0.29) is 5.91 Å². The van der Waals surface area contributed by atoms with Gasteiger partial charge < -0.3 is 4.90 Å². The van der Waals surface area contributed by atoms with Gasteiger partial charge in [-0.05, 0) is 6.92 Å². The molecule has 0 bridgehead atoms. The van der Waals surface area contributed by atoms with Crippen molar-refractivity contribution in [2.45, 2.75) is 6.92 Å². The van der Waals surface area contributed by atoms with Crippen LogP contribution in [0.1, 0.15) is 6.92 Å². The van der Waals surface area contributed by atoms with Crippen molar-refractivity contribution in [2.24, 2.45) is 11.3 Å². The summed E-state index contributed by atoms with van der Waals surface area (Å²) in [5.74, 6) is 5.76. The molecule has 1 amide bonds. The lowest BCUT2D eigenvalue weighted by molar-refractivity contribution is -0.131. The summed E-state index contributed by atoms with van der Waals surface area (Å²) in [4.78, 5) is 21.5. The molecule has 0 aromatic carbocycles. The predicted octanol–water partition coefficient (Wildman–Crippen LogP) is -0.707. The Kier molecular flexibility index (Phi) is 2.28. The van der Waals surface area contributed by atoms with Crippen molar-refractivity contribution in [3.63, 3.8) is 0 Å². The van der Waals surface area contributed by atoms with Crippen LogP contribution < -0.4 is 16.2 Å². The van der Waals surface area contributed by atoms with Crippen molar-refractivity contribution in [3.8, 4) is 0 Å². The van der Waals surface area contributed by atoms with Crippen molar-refractivity contribution in [1.82, 2.24) is 15.4 Å². The smallest absolute Gasteiger partial charge is 0.243 e. The first-order valence-electron chi connectivity index (χ1n) is 4.68. The highest BCUT2D eigenvalue weighted by Crippen LogP contribution is 2.32. The van der Waals surface area contributed by atoms with Crippen LogP contribution in [0.2, 0.25) is 0 Å². The minimum Gasteiger partial charge on any atom is -0.353 e. The van der Waals surface area contributed by atoms with Crippen molar-refractivity contribution in [2.75, 3.05) is 18.0 Å². The Morgan fingerprint density at radius 3 is 2.87 bits per heavy atom. The van der Waals surface area contributed by atoms with Crippen LogP contribution in [-0.2, 0) is 4.79 Å². The normalized spacial score (nSPS) is 18.1. The largest absolute Gasteiger partial charge is 0.353 e. The number of anilines is 1. The first-order chi connectivity index (χ1) is 7.15. The van der Waals surface area contributed by atoms with Crippen LogP contribution in [0.4, 0.5) is 5.82 Å². The van der Waals surface area contributed by atoms with Crippen LogP contribution in [0.25, 0.3) is 0 Å². The lowest BCUT2D eigenvalue weighted by Crippen LogP contribution is -2.63. The van der Waals surface area contributed by atoms with Gasteiger partial charge in [-0.2, -0.15) is 0 Å². The molecular formula is C9H13N5O. The molecule has 0 aliphatic carbocycles. The molecule has 0 atom stereocenters. The summed E-state index contributed by atoms with van der Waals surface area (Å²) in [6, 6.07) is 0. The molecule has 1 aromatic rings. The van der Waals surface area contributed by atoms with Gasteiger partial charge in [0.1, 0.15) is 5.82 Å². The second kappa shape index (κ2) is 3.47. The van der Waals surface area contributed by atoms with E-state index in [0.29, 0.717) is 13.1 Å². The summed E-state index contributed by atoms with van der Waals surface area (Å²) in [6.07, 6.45) is 4.93. The van der Waals surface area contributed by atoms with E-state index in [1.165, 1.54) is 0 Å². The minimum absolute atomic E-state index is 0.136. The van der Waals surface area contributed by atoms with Gasteiger partial charge in [0.15, 0.2) is 0 Å². The number of rotatable bonds is 2. The van der Waals surface area contributed by atoms with Crippen LogP contribution in [0.5, 0.6) is 0 Å². The summed E-state index contributed by atoms with van der Waals surface area (Å²) in [5.41, 5.74) is 1.77. The summed E-state index contributed by atoms with van der Waals surface area (Å²) < 4.78 is 0. The monoisotopic (exact) mass is 207 g/mol. The van der Waals surface area contributed by atoms with Gasteiger partial charge in [0.05, 0.1) is 11.6 Å². The van der Waals surface area contributed by atoms with Crippen molar-refractivity contribution < 1.29 is 4.79 Å². The van der Waals surface area contributed by atoms with E-state index < -0.39 is 5.41 Å². The van der Waals surface area contributed by atoms with Gasteiger partial charge in [-0.3, -0.25) is 15.2 Å². The third-order valence-corrected chi connectivity index (χ3v) is 2.63. The van der Waals surface area contributed by atoms with Gasteiger partial charge in [-0.1, -0.05) is 0 Å². The Morgan fingerprint density at radius 1 is 1.60 bits per heavy atom. The van der Waals surface area contributed by atoms with Gasteiger partial charge in [0.25, 0.3) is 0 Å². The standard InChI is InChI=1S/C9H13N5O/c1-9(8(15)13-10)5-14(6-9)7-4-11-2-3-12-7/h2-4H,5-6,10H2,1H3,(H,13,15). The van der Waals surface area contributed by atoms with Crippen molar-refractivity contribution in [1.29, 1.82) is 0 Å². The van der Waals surface area contributed by atoms with Crippen LogP contribution in [-0.4, -0.2) is 29.0 Å². The van der Waals surface area contributed by atoms with E-state index in [2.05, 4.69) is 15.4 Å². The summed E-state index contributed by atoms with van der Waals surface area (Å²) in [7, 11) is 0. The molecule has 6 nitrogen and oxygen atoms in total. The Morgan fingerprint density at radius 2 is 2.33 bits per heavy atom. The molecule has 0 saturated carbocycles. The number of nitrogens with two attached hydrogens (primary N) is 1. The molecule has 15 heavy (non-hydrogen) atoms. The molecule has 80 valence electrons. The second-order valence-corrected chi connectivity index (χ2v) is 3.95. The molecule has 2 rings (SSSR count). The molecule has 0 radical (unpaired) electrons. The summed E-state index contributed by atoms with van der Waals surface area (Å²) >= 11 is 0. The molecule has 3 N–H and O–H groups in total. The molecule has 1 aliphatic heterocycles. The molecule has 1 fully saturated rings. The molecular weight excluding hydrogens is 194 g/mol.